The first-order valence-corrected chi connectivity index (χ1v) is 15.7. The van der Waals surface area contributed by atoms with Crippen molar-refractivity contribution in [2.75, 3.05) is 0 Å². The van der Waals surface area contributed by atoms with Crippen molar-refractivity contribution in [1.82, 2.24) is 0 Å². The summed E-state index contributed by atoms with van der Waals surface area (Å²) in [6, 6.07) is 38.5. The van der Waals surface area contributed by atoms with Crippen LogP contribution in [-0.2, 0) is 0 Å². The molecule has 56 heavy (non-hydrogen) atoms. The maximum atomic E-state index is 10.7. The van der Waals surface area contributed by atoms with Gasteiger partial charge < -0.3 is 30.6 Å². The molecule has 0 bridgehead atoms. The largest absolute Gasteiger partial charge is 0.478 e. The summed E-state index contributed by atoms with van der Waals surface area (Å²) in [5, 5.41) is 52.7. The molecule has 14 heteroatoms. The summed E-state index contributed by atoms with van der Waals surface area (Å²) in [7, 11) is 0. The van der Waals surface area contributed by atoms with Crippen LogP contribution in [0.25, 0.3) is 33.4 Å². The summed E-state index contributed by atoms with van der Waals surface area (Å²) < 4.78 is 0. The molecule has 6 aromatic carbocycles. The van der Waals surface area contributed by atoms with Crippen LogP contribution < -0.4 is 0 Å². The van der Waals surface area contributed by atoms with E-state index in [9.17, 15) is 28.8 Å². The summed E-state index contributed by atoms with van der Waals surface area (Å²) in [4.78, 5) is 64.2. The number of aromatic carboxylic acids is 6. The van der Waals surface area contributed by atoms with Gasteiger partial charge in [0.1, 0.15) is 0 Å². The molecular weight excluding hydrogens is 1010 g/mol. The fourth-order valence-electron chi connectivity index (χ4n) is 4.83. The molecule has 0 amide bonds. The summed E-state index contributed by atoms with van der Waals surface area (Å²) in [6.07, 6.45) is 0. The van der Waals surface area contributed by atoms with E-state index in [1.165, 1.54) is 72.8 Å². The Labute approximate surface area is 391 Å². The molecule has 0 saturated heterocycles. The van der Waals surface area contributed by atoms with Gasteiger partial charge in [-0.15, -0.1) is 0 Å². The van der Waals surface area contributed by atoms with Crippen LogP contribution in [0.1, 0.15) is 62.1 Å². The molecule has 0 saturated carbocycles. The summed E-state index contributed by atoms with van der Waals surface area (Å²) in [6.45, 7) is 0. The van der Waals surface area contributed by atoms with Gasteiger partial charge in [-0.25, -0.2) is 28.8 Å². The Morgan fingerprint density at radius 3 is 0.393 bits per heavy atom. The van der Waals surface area contributed by atoms with Crippen molar-refractivity contribution in [2.24, 2.45) is 0 Å². The van der Waals surface area contributed by atoms with Crippen molar-refractivity contribution in [3.8, 4) is 33.4 Å². The molecule has 0 aromatic heterocycles. The van der Waals surface area contributed by atoms with E-state index in [1.807, 2.05) is 0 Å². The van der Waals surface area contributed by atoms with E-state index < -0.39 is 35.8 Å². The van der Waals surface area contributed by atoms with E-state index in [0.717, 1.165) is 33.4 Å². The topological polar surface area (TPSA) is 224 Å². The standard InChI is InChI=1S/3C14H10O4.Eu.Tb/c3*15-13(16)11-5-1-9(2-6-11)10-3-7-12(8-4-10)14(17)18;;/h3*1-8H,(H,15,16)(H,17,18);;. The molecule has 0 spiro atoms. The molecule has 0 unspecified atom stereocenters. The van der Waals surface area contributed by atoms with Gasteiger partial charge in [-0.2, -0.15) is 0 Å². The van der Waals surface area contributed by atoms with Gasteiger partial charge in [-0.05, 0) is 106 Å². The normalized spacial score (nSPS) is 9.64. The van der Waals surface area contributed by atoms with Crippen molar-refractivity contribution in [3.63, 3.8) is 0 Å². The van der Waals surface area contributed by atoms with Gasteiger partial charge in [-0.3, -0.25) is 0 Å². The number of carbonyl (C=O) groups is 6. The minimum atomic E-state index is -0.970. The average Bonchev–Trinajstić information content (AvgIpc) is 3.18. The van der Waals surface area contributed by atoms with Gasteiger partial charge in [0, 0.05) is 88.0 Å². The first-order chi connectivity index (χ1) is 25.7. The van der Waals surface area contributed by atoms with Crippen LogP contribution in [0.15, 0.2) is 146 Å². The molecular formula is C42H30EuO12Tb. The monoisotopic (exact) mass is 1040 g/mol. The van der Waals surface area contributed by atoms with E-state index in [-0.39, 0.29) is 121 Å². The van der Waals surface area contributed by atoms with Crippen molar-refractivity contribution in [3.05, 3.63) is 179 Å². The van der Waals surface area contributed by atoms with Crippen LogP contribution in [0.2, 0.25) is 0 Å². The second-order valence-electron chi connectivity index (χ2n) is 11.3. The number of benzene rings is 6. The minimum Gasteiger partial charge on any atom is -0.478 e. The molecule has 0 aliphatic heterocycles. The van der Waals surface area contributed by atoms with Crippen LogP contribution in [0.4, 0.5) is 0 Å². The maximum absolute atomic E-state index is 10.7. The third kappa shape index (κ3) is 13.6. The van der Waals surface area contributed by atoms with Crippen LogP contribution in [0.5, 0.6) is 0 Å². The van der Waals surface area contributed by atoms with Crippen molar-refractivity contribution < 1.29 is 147 Å². The quantitative estimate of drug-likeness (QED) is 0.0806. The molecule has 6 N–H and O–H groups in total. The van der Waals surface area contributed by atoms with E-state index in [2.05, 4.69) is 0 Å². The van der Waals surface area contributed by atoms with Crippen molar-refractivity contribution >= 4 is 35.8 Å². The molecule has 2 radical (unpaired) electrons. The zero-order valence-corrected chi connectivity index (χ0v) is 33.3. The molecule has 286 valence electrons. The Hall–Kier alpha value is -4.99. The predicted molar refractivity (Wildman–Crippen MR) is 197 cm³/mol. The van der Waals surface area contributed by atoms with Crippen molar-refractivity contribution in [2.45, 2.75) is 0 Å². The molecule has 6 rings (SSSR count). The Morgan fingerprint density at radius 2 is 0.321 bits per heavy atom. The SMILES string of the molecule is O=C(O)c1ccc(-c2ccc(C(=O)O)cc2)cc1.O=C(O)c1ccc(-c2ccc(C(=O)O)cc2)cc1.O=C(O)c1ccc(-c2ccc(C(=O)O)cc2)cc1.[Eu].[Tb]. The molecule has 0 atom stereocenters. The first kappa shape index (κ1) is 47.2. The number of rotatable bonds is 9. The fraction of sp³-hybridized carbons (Fsp3) is 0. The first-order valence-electron chi connectivity index (χ1n) is 15.7. The van der Waals surface area contributed by atoms with Crippen molar-refractivity contribution in [1.29, 1.82) is 0 Å². The number of hydrogen-bond donors (Lipinski definition) is 6. The second kappa shape index (κ2) is 22.5. The third-order valence-electron chi connectivity index (χ3n) is 7.79. The maximum Gasteiger partial charge on any atom is 0.335 e. The number of carboxylic acids is 6. The number of hydrogen-bond acceptors (Lipinski definition) is 6. The Bertz CT molecular complexity index is 1860. The van der Waals surface area contributed by atoms with Gasteiger partial charge in [0.05, 0.1) is 33.4 Å². The number of carboxylic acid groups (broad SMARTS) is 6. The van der Waals surface area contributed by atoms with Crippen LogP contribution in [0.3, 0.4) is 0 Å². The van der Waals surface area contributed by atoms with E-state index >= 15 is 0 Å². The van der Waals surface area contributed by atoms with Gasteiger partial charge >= 0.3 is 35.8 Å². The molecule has 6 aromatic rings. The molecule has 0 aliphatic rings. The average molecular weight is 1040 g/mol. The second-order valence-corrected chi connectivity index (χ2v) is 11.3. The van der Waals surface area contributed by atoms with Crippen LogP contribution >= 0.6 is 0 Å². The van der Waals surface area contributed by atoms with Gasteiger partial charge in [0.15, 0.2) is 0 Å². The van der Waals surface area contributed by atoms with Gasteiger partial charge in [0.25, 0.3) is 0 Å². The molecule has 0 fully saturated rings. The van der Waals surface area contributed by atoms with Crippen LogP contribution in [-0.4, -0.2) is 66.5 Å². The molecule has 0 aliphatic carbocycles. The van der Waals surface area contributed by atoms with Gasteiger partial charge in [0.2, 0.25) is 0 Å². The zero-order valence-electron chi connectivity index (χ0n) is 28.7. The van der Waals surface area contributed by atoms with Gasteiger partial charge in [-0.1, -0.05) is 72.8 Å². The van der Waals surface area contributed by atoms with E-state index in [0.29, 0.717) is 0 Å². The smallest absolute Gasteiger partial charge is 0.335 e. The Balaban J connectivity index is 0.000000285. The zero-order chi connectivity index (χ0) is 39.4. The third-order valence-corrected chi connectivity index (χ3v) is 7.79. The predicted octanol–water partition coefficient (Wildman–Crippen LogP) is 8.25. The fourth-order valence-corrected chi connectivity index (χ4v) is 4.83. The summed E-state index contributed by atoms with van der Waals surface area (Å²) in [5.41, 5.74) is 6.40. The Morgan fingerprint density at radius 1 is 0.232 bits per heavy atom. The summed E-state index contributed by atoms with van der Waals surface area (Å²) >= 11 is 0. The van der Waals surface area contributed by atoms with E-state index in [1.54, 1.807) is 72.8 Å². The molecule has 12 nitrogen and oxygen atoms in total. The minimum absolute atomic E-state index is 0. The summed E-state index contributed by atoms with van der Waals surface area (Å²) in [5.74, 6) is -5.82. The van der Waals surface area contributed by atoms with Crippen LogP contribution in [0, 0.1) is 88.0 Å². The van der Waals surface area contributed by atoms with E-state index in [4.69, 9.17) is 30.6 Å². The molecule has 0 heterocycles. The Kier molecular flexibility index (Phi) is 19.0.